The van der Waals surface area contributed by atoms with Crippen molar-refractivity contribution in [1.29, 1.82) is 0 Å². The van der Waals surface area contributed by atoms with Crippen LogP contribution < -0.4 is 11.3 Å². The Morgan fingerprint density at radius 2 is 1.90 bits per heavy atom. The molecule has 0 spiro atoms. The number of nitrogens with one attached hydrogen (secondary N) is 1. The SMILES string of the molecule is Cc1cc(NN)cc(C)c1S(=O)(=O)N1CCC(C)C(O)C1. The van der Waals surface area contributed by atoms with Gasteiger partial charge in [-0.3, -0.25) is 5.84 Å². The Balaban J connectivity index is 2.41. The van der Waals surface area contributed by atoms with Crippen LogP contribution in [0.25, 0.3) is 0 Å². The maximum Gasteiger partial charge on any atom is 0.243 e. The van der Waals surface area contributed by atoms with E-state index in [0.717, 1.165) is 0 Å². The Kier molecular flexibility index (Phi) is 4.57. The third kappa shape index (κ3) is 3.06. The lowest BCUT2D eigenvalue weighted by Crippen LogP contribution is -2.46. The lowest BCUT2D eigenvalue weighted by Gasteiger charge is -2.34. The van der Waals surface area contributed by atoms with Crippen molar-refractivity contribution in [2.45, 2.75) is 38.2 Å². The van der Waals surface area contributed by atoms with Gasteiger partial charge in [0.2, 0.25) is 10.0 Å². The van der Waals surface area contributed by atoms with Crippen LogP contribution in [0.4, 0.5) is 5.69 Å². The monoisotopic (exact) mass is 313 g/mol. The Labute approximate surface area is 126 Å². The maximum atomic E-state index is 12.8. The number of nitrogens with two attached hydrogens (primary N) is 1. The van der Waals surface area contributed by atoms with Crippen molar-refractivity contribution in [3.63, 3.8) is 0 Å². The molecule has 0 aromatic heterocycles. The number of nitrogen functional groups attached to an aromatic ring is 1. The average molecular weight is 313 g/mol. The van der Waals surface area contributed by atoms with E-state index in [4.69, 9.17) is 5.84 Å². The summed E-state index contributed by atoms with van der Waals surface area (Å²) in [6, 6.07) is 3.42. The lowest BCUT2D eigenvalue weighted by molar-refractivity contribution is 0.0605. The number of piperidine rings is 1. The molecule has 1 aromatic rings. The minimum Gasteiger partial charge on any atom is -0.391 e. The third-order valence-corrected chi connectivity index (χ3v) is 6.28. The van der Waals surface area contributed by atoms with Crippen molar-refractivity contribution in [1.82, 2.24) is 4.31 Å². The molecule has 21 heavy (non-hydrogen) atoms. The van der Waals surface area contributed by atoms with Crippen molar-refractivity contribution in [2.24, 2.45) is 11.8 Å². The summed E-state index contributed by atoms with van der Waals surface area (Å²) in [6.07, 6.45) is 0.0557. The molecule has 0 saturated carbocycles. The van der Waals surface area contributed by atoms with Crippen molar-refractivity contribution in [3.05, 3.63) is 23.3 Å². The predicted octanol–water partition coefficient (Wildman–Crippen LogP) is 0.980. The highest BCUT2D eigenvalue weighted by Crippen LogP contribution is 2.29. The summed E-state index contributed by atoms with van der Waals surface area (Å²) in [5.74, 6) is 5.51. The van der Waals surface area contributed by atoms with Crippen molar-refractivity contribution in [3.8, 4) is 0 Å². The molecule has 6 nitrogen and oxygen atoms in total. The molecule has 118 valence electrons. The van der Waals surface area contributed by atoms with Gasteiger partial charge >= 0.3 is 0 Å². The normalized spacial score (nSPS) is 24.0. The largest absolute Gasteiger partial charge is 0.391 e. The molecular weight excluding hydrogens is 290 g/mol. The molecule has 2 atom stereocenters. The van der Waals surface area contributed by atoms with Crippen LogP contribution in [0.1, 0.15) is 24.5 Å². The van der Waals surface area contributed by atoms with Gasteiger partial charge in [0, 0.05) is 18.8 Å². The van der Waals surface area contributed by atoms with Crippen LogP contribution in [-0.4, -0.2) is 37.0 Å². The highest BCUT2D eigenvalue weighted by molar-refractivity contribution is 7.89. The van der Waals surface area contributed by atoms with Gasteiger partial charge in [-0.2, -0.15) is 4.31 Å². The van der Waals surface area contributed by atoms with E-state index in [1.165, 1.54) is 4.31 Å². The lowest BCUT2D eigenvalue weighted by atomic mass is 9.98. The fourth-order valence-electron chi connectivity index (χ4n) is 2.81. The second-order valence-corrected chi connectivity index (χ2v) is 7.65. The molecule has 1 aromatic carbocycles. The van der Waals surface area contributed by atoms with E-state index in [0.29, 0.717) is 34.7 Å². The van der Waals surface area contributed by atoms with Crippen molar-refractivity contribution in [2.75, 3.05) is 18.5 Å². The average Bonchev–Trinajstić information content (AvgIpc) is 2.40. The molecule has 0 aliphatic carbocycles. The summed E-state index contributed by atoms with van der Waals surface area (Å²) in [6.45, 7) is 6.04. The van der Waals surface area contributed by atoms with Crippen LogP contribution in [-0.2, 0) is 10.0 Å². The Hall–Kier alpha value is -1.15. The molecule has 0 radical (unpaired) electrons. The van der Waals surface area contributed by atoms with Gasteiger partial charge in [-0.05, 0) is 49.4 Å². The van der Waals surface area contributed by atoms with E-state index < -0.39 is 16.1 Å². The van der Waals surface area contributed by atoms with Crippen LogP contribution in [0.3, 0.4) is 0 Å². The summed E-state index contributed by atoms with van der Waals surface area (Å²) in [7, 11) is -3.60. The van der Waals surface area contributed by atoms with E-state index in [1.54, 1.807) is 26.0 Å². The Morgan fingerprint density at radius 1 is 1.33 bits per heavy atom. The number of nitrogens with zero attached hydrogens (tertiary/aromatic N) is 1. The van der Waals surface area contributed by atoms with Crippen molar-refractivity contribution < 1.29 is 13.5 Å². The quantitative estimate of drug-likeness (QED) is 0.571. The molecular formula is C14H23N3O3S. The van der Waals surface area contributed by atoms with Gasteiger partial charge in [-0.1, -0.05) is 6.92 Å². The Morgan fingerprint density at radius 3 is 2.38 bits per heavy atom. The predicted molar refractivity (Wildman–Crippen MR) is 82.3 cm³/mol. The summed E-state index contributed by atoms with van der Waals surface area (Å²) < 4.78 is 27.1. The van der Waals surface area contributed by atoms with Crippen LogP contribution in [0.5, 0.6) is 0 Å². The summed E-state index contributed by atoms with van der Waals surface area (Å²) in [5.41, 5.74) is 4.51. The van der Waals surface area contributed by atoms with Crippen LogP contribution in [0.15, 0.2) is 17.0 Å². The van der Waals surface area contributed by atoms with E-state index in [-0.39, 0.29) is 12.5 Å². The summed E-state index contributed by atoms with van der Waals surface area (Å²) in [4.78, 5) is 0.309. The number of anilines is 1. The van der Waals surface area contributed by atoms with Gasteiger partial charge < -0.3 is 10.5 Å². The Bertz CT molecular complexity index is 607. The minimum atomic E-state index is -3.60. The zero-order valence-electron chi connectivity index (χ0n) is 12.6. The van der Waals surface area contributed by atoms with Gasteiger partial charge in [0.05, 0.1) is 11.0 Å². The molecule has 1 fully saturated rings. The molecule has 0 amide bonds. The van der Waals surface area contributed by atoms with Crippen molar-refractivity contribution >= 4 is 15.7 Å². The highest BCUT2D eigenvalue weighted by Gasteiger charge is 2.34. The van der Waals surface area contributed by atoms with Gasteiger partial charge in [0.1, 0.15) is 0 Å². The molecule has 2 unspecified atom stereocenters. The van der Waals surface area contributed by atoms with Gasteiger partial charge in [0.25, 0.3) is 0 Å². The first-order valence-corrected chi connectivity index (χ1v) is 8.47. The molecule has 0 bridgehead atoms. The standard InChI is InChI=1S/C14H23N3O3S/c1-9-4-5-17(8-13(9)18)21(19,20)14-10(2)6-12(16-15)7-11(14)3/h6-7,9,13,16,18H,4-5,8,15H2,1-3H3. The fraction of sp³-hybridized carbons (Fsp3) is 0.571. The first kappa shape index (κ1) is 16.2. The number of rotatable bonds is 3. The first-order valence-electron chi connectivity index (χ1n) is 7.03. The maximum absolute atomic E-state index is 12.8. The number of aryl methyl sites for hydroxylation is 2. The molecule has 1 heterocycles. The third-order valence-electron chi connectivity index (χ3n) is 4.11. The number of sulfonamides is 1. The smallest absolute Gasteiger partial charge is 0.243 e. The molecule has 1 saturated heterocycles. The summed E-state index contributed by atoms with van der Waals surface area (Å²) >= 11 is 0. The molecule has 7 heteroatoms. The number of aliphatic hydroxyl groups is 1. The second-order valence-electron chi connectivity index (χ2n) is 5.78. The zero-order valence-corrected chi connectivity index (χ0v) is 13.4. The first-order chi connectivity index (χ1) is 9.77. The highest BCUT2D eigenvalue weighted by atomic mass is 32.2. The topological polar surface area (TPSA) is 95.7 Å². The van der Waals surface area contributed by atoms with Gasteiger partial charge in [0.15, 0.2) is 0 Å². The molecule has 2 rings (SSSR count). The minimum absolute atomic E-state index is 0.127. The van der Waals surface area contributed by atoms with E-state index in [1.807, 2.05) is 6.92 Å². The summed E-state index contributed by atoms with van der Waals surface area (Å²) in [5, 5.41) is 9.95. The number of aliphatic hydroxyl groups excluding tert-OH is 1. The fourth-order valence-corrected chi connectivity index (χ4v) is 4.69. The number of hydrogen-bond donors (Lipinski definition) is 3. The number of hydrogen-bond acceptors (Lipinski definition) is 5. The van der Waals surface area contributed by atoms with Gasteiger partial charge in [-0.15, -0.1) is 0 Å². The van der Waals surface area contributed by atoms with Crippen LogP contribution >= 0.6 is 0 Å². The second kappa shape index (κ2) is 5.92. The van der Waals surface area contributed by atoms with E-state index >= 15 is 0 Å². The molecule has 1 aliphatic heterocycles. The number of β-amino-alcohol motifs (C(OH)–C–C–N with tert-alkyl or cyclic N) is 1. The molecule has 4 N–H and O–H groups in total. The van der Waals surface area contributed by atoms with E-state index in [2.05, 4.69) is 5.43 Å². The van der Waals surface area contributed by atoms with Gasteiger partial charge in [-0.25, -0.2) is 8.42 Å². The number of hydrazine groups is 1. The van der Waals surface area contributed by atoms with Crippen LogP contribution in [0, 0.1) is 19.8 Å². The number of benzene rings is 1. The molecule has 1 aliphatic rings. The van der Waals surface area contributed by atoms with Crippen LogP contribution in [0.2, 0.25) is 0 Å². The van der Waals surface area contributed by atoms with E-state index in [9.17, 15) is 13.5 Å². The zero-order chi connectivity index (χ0) is 15.8.